The highest BCUT2D eigenvalue weighted by Crippen LogP contribution is 2.27. The van der Waals surface area contributed by atoms with Crippen LogP contribution >= 0.6 is 0 Å². The summed E-state index contributed by atoms with van der Waals surface area (Å²) in [4.78, 5) is 58.9. The first-order valence-electron chi connectivity index (χ1n) is 13.7. The lowest BCUT2D eigenvalue weighted by Crippen LogP contribution is -2.53. The number of carbonyl (C=O) groups is 4. The molecule has 0 aliphatic carbocycles. The molecule has 3 amide bonds. The summed E-state index contributed by atoms with van der Waals surface area (Å²) in [6, 6.07) is 0.774. The molecule has 3 heterocycles. The maximum atomic E-state index is 14.1. The van der Waals surface area contributed by atoms with Crippen LogP contribution in [-0.2, 0) is 14.4 Å². The van der Waals surface area contributed by atoms with Gasteiger partial charge in [0.2, 0.25) is 23.4 Å². The fourth-order valence-electron chi connectivity index (χ4n) is 4.72. The lowest BCUT2D eigenvalue weighted by atomic mass is 9.95. The van der Waals surface area contributed by atoms with Crippen molar-refractivity contribution in [3.05, 3.63) is 59.6 Å². The van der Waals surface area contributed by atoms with Gasteiger partial charge >= 0.3 is 0 Å². The maximum Gasteiger partial charge on any atom is 0.268 e. The normalized spacial score (nSPS) is 16.2. The van der Waals surface area contributed by atoms with E-state index < -0.39 is 71.2 Å². The standard InChI is InChI=1S/C29H31F4N5O5/c1-14(2)3-4-20(37-29(42)22-10-16-12-34-7-6-19(16)36-22)28(41)38-21(9-15-5-8-35-27(15)40)23(39)13-43-26-24(32)17(30)11-18(31)25(26)33/h6-7,10-12,14-15,20-21,36H,3-5,8-9,13H2,1-2H3,(H,35,40)(H,37,42)(H,38,41)/t15-,20-,21-/m0/s1. The zero-order valence-electron chi connectivity index (χ0n) is 23.4. The van der Waals surface area contributed by atoms with Crippen molar-refractivity contribution >= 4 is 34.4 Å². The number of hydrogen-bond donors (Lipinski definition) is 4. The molecule has 2 aromatic heterocycles. The van der Waals surface area contributed by atoms with E-state index in [9.17, 15) is 36.7 Å². The van der Waals surface area contributed by atoms with Crippen LogP contribution < -0.4 is 20.7 Å². The predicted molar refractivity (Wildman–Crippen MR) is 146 cm³/mol. The Hall–Kier alpha value is -4.49. The summed E-state index contributed by atoms with van der Waals surface area (Å²) in [7, 11) is 0. The van der Waals surface area contributed by atoms with E-state index in [4.69, 9.17) is 4.74 Å². The van der Waals surface area contributed by atoms with Gasteiger partial charge in [-0.05, 0) is 43.7 Å². The average molecular weight is 606 g/mol. The molecule has 14 heteroatoms. The van der Waals surface area contributed by atoms with Crippen molar-refractivity contribution in [2.24, 2.45) is 11.8 Å². The predicted octanol–water partition coefficient (Wildman–Crippen LogP) is 3.31. The quantitative estimate of drug-likeness (QED) is 0.174. The Morgan fingerprint density at radius 2 is 1.77 bits per heavy atom. The van der Waals surface area contributed by atoms with Gasteiger partial charge in [0.25, 0.3) is 5.91 Å². The second-order valence-electron chi connectivity index (χ2n) is 10.8. The van der Waals surface area contributed by atoms with E-state index in [-0.39, 0.29) is 36.4 Å². The van der Waals surface area contributed by atoms with Crippen molar-refractivity contribution < 1.29 is 41.5 Å². The smallest absolute Gasteiger partial charge is 0.268 e. The summed E-state index contributed by atoms with van der Waals surface area (Å²) in [5.74, 6) is -11.6. The van der Waals surface area contributed by atoms with Gasteiger partial charge < -0.3 is 25.7 Å². The first-order valence-corrected chi connectivity index (χ1v) is 13.7. The first kappa shape index (κ1) is 31.4. The summed E-state index contributed by atoms with van der Waals surface area (Å²) in [5.41, 5.74) is 0.843. The highest BCUT2D eigenvalue weighted by atomic mass is 19.2. The van der Waals surface area contributed by atoms with Crippen LogP contribution in [0.5, 0.6) is 5.75 Å². The monoisotopic (exact) mass is 605 g/mol. The lowest BCUT2D eigenvalue weighted by molar-refractivity contribution is -0.131. The molecule has 3 aromatic rings. The molecule has 1 aliphatic heterocycles. The van der Waals surface area contributed by atoms with E-state index in [0.717, 1.165) is 0 Å². The van der Waals surface area contributed by atoms with Crippen LogP contribution in [0.4, 0.5) is 17.6 Å². The Bertz CT molecular complexity index is 1470. The number of aromatic nitrogens is 2. The molecule has 43 heavy (non-hydrogen) atoms. The maximum absolute atomic E-state index is 14.1. The van der Waals surface area contributed by atoms with Crippen LogP contribution in [0.3, 0.4) is 0 Å². The Morgan fingerprint density at radius 3 is 2.40 bits per heavy atom. The number of aromatic amines is 1. The number of Topliss-reactive ketones (excluding diaryl/α,β-unsaturated/α-hetero) is 1. The van der Waals surface area contributed by atoms with E-state index in [1.807, 2.05) is 13.8 Å². The third kappa shape index (κ3) is 7.67. The molecule has 1 aliphatic rings. The first-order chi connectivity index (χ1) is 20.4. The summed E-state index contributed by atoms with van der Waals surface area (Å²) in [5, 5.41) is 8.52. The number of carbonyl (C=O) groups excluding carboxylic acids is 4. The fourth-order valence-corrected chi connectivity index (χ4v) is 4.72. The number of ether oxygens (including phenoxy) is 1. The van der Waals surface area contributed by atoms with Crippen LogP contribution in [-0.4, -0.2) is 58.7 Å². The van der Waals surface area contributed by atoms with Crippen molar-refractivity contribution in [1.82, 2.24) is 25.9 Å². The number of ketones is 1. The second-order valence-corrected chi connectivity index (χ2v) is 10.8. The number of rotatable bonds is 13. The average Bonchev–Trinajstić information content (AvgIpc) is 3.59. The SMILES string of the molecule is CC(C)CC[C@H](NC(=O)c1cc2cnccc2[nH]1)C(=O)N[C@@H](C[C@@H]1CCNC1=O)C(=O)COc1c(F)c(F)cc(F)c1F. The van der Waals surface area contributed by atoms with Gasteiger partial charge in [-0.1, -0.05) is 13.8 Å². The van der Waals surface area contributed by atoms with Gasteiger partial charge in [0.15, 0.2) is 23.2 Å². The number of pyridine rings is 1. The topological polar surface area (TPSA) is 142 Å². The number of fused-ring (bicyclic) bond motifs is 1. The molecule has 1 fully saturated rings. The van der Waals surface area contributed by atoms with Gasteiger partial charge in [-0.3, -0.25) is 24.2 Å². The highest BCUT2D eigenvalue weighted by molar-refractivity contribution is 6.00. The summed E-state index contributed by atoms with van der Waals surface area (Å²) < 4.78 is 60.2. The van der Waals surface area contributed by atoms with Gasteiger partial charge in [-0.25, -0.2) is 8.78 Å². The van der Waals surface area contributed by atoms with E-state index >= 15 is 0 Å². The Labute approximate surface area is 244 Å². The van der Waals surface area contributed by atoms with Gasteiger partial charge in [0.1, 0.15) is 18.3 Å². The molecule has 1 aromatic carbocycles. The molecule has 0 unspecified atom stereocenters. The van der Waals surface area contributed by atoms with E-state index in [2.05, 4.69) is 25.9 Å². The third-order valence-electron chi connectivity index (χ3n) is 7.14. The number of H-pyrrole nitrogens is 1. The van der Waals surface area contributed by atoms with Crippen LogP contribution in [0.1, 0.15) is 50.0 Å². The van der Waals surface area contributed by atoms with Gasteiger partial charge in [-0.15, -0.1) is 0 Å². The fraction of sp³-hybridized carbons (Fsp3) is 0.414. The van der Waals surface area contributed by atoms with Gasteiger partial charge in [-0.2, -0.15) is 8.78 Å². The zero-order chi connectivity index (χ0) is 31.3. The molecular weight excluding hydrogens is 574 g/mol. The van der Waals surface area contributed by atoms with Gasteiger partial charge in [0.05, 0.1) is 6.04 Å². The van der Waals surface area contributed by atoms with Crippen molar-refractivity contribution in [2.75, 3.05) is 13.2 Å². The Morgan fingerprint density at radius 1 is 1.05 bits per heavy atom. The van der Waals surface area contributed by atoms with Crippen LogP contribution in [0.15, 0.2) is 30.6 Å². The van der Waals surface area contributed by atoms with Crippen molar-refractivity contribution in [2.45, 2.75) is 51.6 Å². The molecule has 10 nitrogen and oxygen atoms in total. The molecule has 4 N–H and O–H groups in total. The minimum Gasteiger partial charge on any atom is -0.479 e. The molecule has 230 valence electrons. The highest BCUT2D eigenvalue weighted by Gasteiger charge is 2.34. The number of amides is 3. The summed E-state index contributed by atoms with van der Waals surface area (Å²) >= 11 is 0. The number of benzene rings is 1. The molecule has 0 saturated carbocycles. The van der Waals surface area contributed by atoms with Crippen molar-refractivity contribution in [3.8, 4) is 5.75 Å². The van der Waals surface area contributed by atoms with E-state index in [1.165, 1.54) is 0 Å². The number of nitrogens with one attached hydrogen (secondary N) is 4. The molecule has 0 bridgehead atoms. The molecule has 0 radical (unpaired) electrons. The third-order valence-corrected chi connectivity index (χ3v) is 7.14. The number of halogens is 4. The Kier molecular flexibility index (Phi) is 9.99. The second kappa shape index (κ2) is 13.7. The van der Waals surface area contributed by atoms with Crippen LogP contribution in [0.25, 0.3) is 10.9 Å². The Balaban J connectivity index is 1.52. The van der Waals surface area contributed by atoms with Crippen molar-refractivity contribution in [1.29, 1.82) is 0 Å². The van der Waals surface area contributed by atoms with Crippen LogP contribution in [0, 0.1) is 35.1 Å². The zero-order valence-corrected chi connectivity index (χ0v) is 23.4. The molecule has 1 saturated heterocycles. The summed E-state index contributed by atoms with van der Waals surface area (Å²) in [6.07, 6.45) is 4.04. The molecule has 4 rings (SSSR count). The number of nitrogens with zero attached hydrogens (tertiary/aromatic N) is 1. The minimum absolute atomic E-state index is 0.000605. The minimum atomic E-state index is -1.83. The van der Waals surface area contributed by atoms with Gasteiger partial charge in [0, 0.05) is 41.8 Å². The number of hydrogen-bond acceptors (Lipinski definition) is 6. The van der Waals surface area contributed by atoms with Crippen molar-refractivity contribution in [3.63, 3.8) is 0 Å². The molecule has 0 spiro atoms. The lowest BCUT2D eigenvalue weighted by Gasteiger charge is -2.24. The molecule has 3 atom stereocenters. The van der Waals surface area contributed by atoms with E-state index in [0.29, 0.717) is 30.3 Å². The van der Waals surface area contributed by atoms with E-state index in [1.54, 1.807) is 24.5 Å². The largest absolute Gasteiger partial charge is 0.479 e. The van der Waals surface area contributed by atoms with Crippen LogP contribution in [0.2, 0.25) is 0 Å². The summed E-state index contributed by atoms with van der Waals surface area (Å²) in [6.45, 7) is 3.14. The molecular formula is C29H31F4N5O5.